The first-order valence-electron chi connectivity index (χ1n) is 10.6. The van der Waals surface area contributed by atoms with E-state index in [-0.39, 0.29) is 24.2 Å². The number of carbonyl (C=O) groups excluding carboxylic acids is 2. The van der Waals surface area contributed by atoms with E-state index in [1.807, 2.05) is 36.4 Å². The number of hydrogen-bond donors (Lipinski definition) is 2. The summed E-state index contributed by atoms with van der Waals surface area (Å²) in [4.78, 5) is 34.8. The van der Waals surface area contributed by atoms with Gasteiger partial charge in [-0.1, -0.05) is 46.3 Å². The van der Waals surface area contributed by atoms with E-state index >= 15 is 0 Å². The number of hydrogen-bond acceptors (Lipinski definition) is 6. The summed E-state index contributed by atoms with van der Waals surface area (Å²) >= 11 is 3.40. The zero-order valence-corrected chi connectivity index (χ0v) is 20.4. The fourth-order valence-corrected chi connectivity index (χ4v) is 3.29. The van der Waals surface area contributed by atoms with Crippen molar-refractivity contribution in [3.05, 3.63) is 98.0 Å². The van der Waals surface area contributed by atoms with Crippen molar-refractivity contribution in [3.8, 4) is 5.75 Å². The minimum Gasteiger partial charge on any atom is -0.488 e. The molecular formula is C25H23BrN4O5. The van der Waals surface area contributed by atoms with E-state index in [0.29, 0.717) is 23.5 Å². The van der Waals surface area contributed by atoms with E-state index in [4.69, 9.17) is 4.74 Å². The van der Waals surface area contributed by atoms with Crippen molar-refractivity contribution in [2.24, 2.45) is 5.10 Å². The van der Waals surface area contributed by atoms with Gasteiger partial charge in [0.1, 0.15) is 18.0 Å². The maximum Gasteiger partial charge on any atom is 0.293 e. The molecule has 3 rings (SSSR count). The van der Waals surface area contributed by atoms with Crippen LogP contribution in [0.4, 0.5) is 11.4 Å². The van der Waals surface area contributed by atoms with Gasteiger partial charge >= 0.3 is 0 Å². The van der Waals surface area contributed by atoms with E-state index in [1.165, 1.54) is 18.3 Å². The molecule has 2 N–H and O–H groups in total. The number of carbonyl (C=O) groups is 2. The van der Waals surface area contributed by atoms with Gasteiger partial charge in [0.25, 0.3) is 5.69 Å². The molecular weight excluding hydrogens is 516 g/mol. The third-order valence-corrected chi connectivity index (χ3v) is 5.35. The lowest BCUT2D eigenvalue weighted by molar-refractivity contribution is -0.384. The number of hydrazone groups is 1. The number of anilines is 1. The van der Waals surface area contributed by atoms with E-state index in [1.54, 1.807) is 25.1 Å². The highest BCUT2D eigenvalue weighted by molar-refractivity contribution is 9.10. The van der Waals surface area contributed by atoms with Crippen molar-refractivity contribution in [2.45, 2.75) is 26.4 Å². The SMILES string of the molecule is Cc1ccc(NC(=O)CCC(=O)N/N=C/c2ccccc2OCc2ccc(Br)cc2)c([N+](=O)[O-])c1. The van der Waals surface area contributed by atoms with Crippen LogP contribution in [-0.2, 0) is 16.2 Å². The first-order valence-corrected chi connectivity index (χ1v) is 11.4. The lowest BCUT2D eigenvalue weighted by Gasteiger charge is -2.09. The Morgan fingerprint density at radius 3 is 2.51 bits per heavy atom. The third-order valence-electron chi connectivity index (χ3n) is 4.82. The summed E-state index contributed by atoms with van der Waals surface area (Å²) in [5.74, 6) is -0.377. The molecule has 0 heterocycles. The molecule has 9 nitrogen and oxygen atoms in total. The zero-order chi connectivity index (χ0) is 25.2. The van der Waals surface area contributed by atoms with E-state index in [0.717, 1.165) is 10.0 Å². The molecule has 0 spiro atoms. The summed E-state index contributed by atoms with van der Waals surface area (Å²) in [5.41, 5.74) is 4.64. The molecule has 0 aliphatic rings. The molecule has 0 saturated carbocycles. The topological polar surface area (TPSA) is 123 Å². The van der Waals surface area contributed by atoms with Crippen LogP contribution in [0.25, 0.3) is 0 Å². The molecule has 0 bridgehead atoms. The Bertz CT molecular complexity index is 1240. The Kier molecular flexibility index (Phi) is 9.08. The number of aryl methyl sites for hydroxylation is 1. The monoisotopic (exact) mass is 538 g/mol. The van der Waals surface area contributed by atoms with Crippen LogP contribution < -0.4 is 15.5 Å². The highest BCUT2D eigenvalue weighted by Gasteiger charge is 2.16. The Morgan fingerprint density at radius 2 is 1.77 bits per heavy atom. The molecule has 2 amide bonds. The van der Waals surface area contributed by atoms with Crippen LogP contribution in [0.15, 0.2) is 76.3 Å². The van der Waals surface area contributed by atoms with E-state index in [9.17, 15) is 19.7 Å². The number of nitro groups is 1. The Hall–Kier alpha value is -4.05. The predicted octanol–water partition coefficient (Wildman–Crippen LogP) is 5.11. The first kappa shape index (κ1) is 25.6. The smallest absolute Gasteiger partial charge is 0.293 e. The van der Waals surface area contributed by atoms with Gasteiger partial charge in [0.05, 0.1) is 11.1 Å². The highest BCUT2D eigenvalue weighted by Crippen LogP contribution is 2.25. The quantitative estimate of drug-likeness (QED) is 0.211. The van der Waals surface area contributed by atoms with Crippen LogP contribution in [0, 0.1) is 17.0 Å². The van der Waals surface area contributed by atoms with Crippen molar-refractivity contribution < 1.29 is 19.2 Å². The van der Waals surface area contributed by atoms with E-state index < -0.39 is 16.7 Å². The fraction of sp³-hybridized carbons (Fsp3) is 0.160. The van der Waals surface area contributed by atoms with Gasteiger partial charge in [0.15, 0.2) is 0 Å². The Balaban J connectivity index is 1.49. The van der Waals surface area contributed by atoms with Crippen LogP contribution in [0.3, 0.4) is 0 Å². The van der Waals surface area contributed by atoms with Crippen molar-refractivity contribution >= 4 is 45.3 Å². The average molecular weight is 539 g/mol. The summed E-state index contributed by atoms with van der Waals surface area (Å²) in [6.07, 6.45) is 1.17. The van der Waals surface area contributed by atoms with Gasteiger partial charge in [-0.2, -0.15) is 5.10 Å². The second kappa shape index (κ2) is 12.4. The lowest BCUT2D eigenvalue weighted by Crippen LogP contribution is -2.21. The Morgan fingerprint density at radius 1 is 1.06 bits per heavy atom. The standard InChI is InChI=1S/C25H23BrN4O5/c1-17-6-11-21(22(14-17)30(33)34)28-24(31)12-13-25(32)29-27-15-19-4-2-3-5-23(19)35-16-18-7-9-20(26)10-8-18/h2-11,14-15H,12-13,16H2,1H3,(H,28,31)(H,29,32)/b27-15+. The molecule has 3 aromatic rings. The maximum atomic E-state index is 12.2. The normalized spacial score (nSPS) is 10.7. The number of nitro benzene ring substituents is 1. The van der Waals surface area contributed by atoms with Gasteiger partial charge in [-0.25, -0.2) is 5.43 Å². The molecule has 3 aromatic carbocycles. The number of nitrogens with one attached hydrogen (secondary N) is 2. The van der Waals surface area contributed by atoms with Gasteiger partial charge in [-0.15, -0.1) is 0 Å². The third kappa shape index (κ3) is 8.04. The van der Waals surface area contributed by atoms with Gasteiger partial charge < -0.3 is 10.1 Å². The summed E-state index contributed by atoms with van der Waals surface area (Å²) in [5, 5.41) is 17.6. The first-order chi connectivity index (χ1) is 16.8. The second-order valence-electron chi connectivity index (χ2n) is 7.57. The lowest BCUT2D eigenvalue weighted by atomic mass is 10.2. The van der Waals surface area contributed by atoms with Crippen LogP contribution >= 0.6 is 15.9 Å². The molecule has 0 fully saturated rings. The van der Waals surface area contributed by atoms with Crippen LogP contribution in [-0.4, -0.2) is 23.0 Å². The highest BCUT2D eigenvalue weighted by atomic mass is 79.9. The number of ether oxygens (including phenoxy) is 1. The fourth-order valence-electron chi connectivity index (χ4n) is 3.03. The molecule has 180 valence electrons. The van der Waals surface area contributed by atoms with Crippen LogP contribution in [0.2, 0.25) is 0 Å². The van der Waals surface area contributed by atoms with Crippen molar-refractivity contribution in [1.82, 2.24) is 5.43 Å². The molecule has 0 radical (unpaired) electrons. The number of halogens is 1. The van der Waals surface area contributed by atoms with E-state index in [2.05, 4.69) is 31.8 Å². The molecule has 0 aromatic heterocycles. The minimum atomic E-state index is -0.565. The maximum absolute atomic E-state index is 12.2. The van der Waals surface area contributed by atoms with Crippen molar-refractivity contribution in [1.29, 1.82) is 0 Å². The van der Waals surface area contributed by atoms with Crippen LogP contribution in [0.5, 0.6) is 5.75 Å². The molecule has 10 heteroatoms. The van der Waals surface area contributed by atoms with Gasteiger partial charge in [-0.05, 0) is 48.4 Å². The second-order valence-corrected chi connectivity index (χ2v) is 8.49. The minimum absolute atomic E-state index is 0.0868. The predicted molar refractivity (Wildman–Crippen MR) is 136 cm³/mol. The van der Waals surface area contributed by atoms with Crippen molar-refractivity contribution in [2.75, 3.05) is 5.32 Å². The van der Waals surface area contributed by atoms with Gasteiger partial charge in [-0.3, -0.25) is 19.7 Å². The molecule has 0 saturated heterocycles. The molecule has 35 heavy (non-hydrogen) atoms. The molecule has 0 aliphatic heterocycles. The number of rotatable bonds is 10. The van der Waals surface area contributed by atoms with Gasteiger partial charge in [0, 0.05) is 28.9 Å². The summed E-state index contributed by atoms with van der Waals surface area (Å²) in [7, 11) is 0. The average Bonchev–Trinajstić information content (AvgIpc) is 2.84. The number of para-hydroxylation sites is 1. The summed E-state index contributed by atoms with van der Waals surface area (Å²) < 4.78 is 6.85. The largest absolute Gasteiger partial charge is 0.488 e. The number of benzene rings is 3. The molecule has 0 atom stereocenters. The summed E-state index contributed by atoms with van der Waals surface area (Å²) in [6.45, 7) is 2.09. The zero-order valence-electron chi connectivity index (χ0n) is 18.9. The molecule has 0 aliphatic carbocycles. The van der Waals surface area contributed by atoms with Crippen molar-refractivity contribution in [3.63, 3.8) is 0 Å². The summed E-state index contributed by atoms with van der Waals surface area (Å²) in [6, 6.07) is 19.5. The van der Waals surface area contributed by atoms with Gasteiger partial charge in [0.2, 0.25) is 11.8 Å². The molecule has 0 unspecified atom stereocenters. The van der Waals surface area contributed by atoms with Crippen LogP contribution in [0.1, 0.15) is 29.5 Å². The number of nitrogens with zero attached hydrogens (tertiary/aromatic N) is 2. The number of amides is 2. The Labute approximate surface area is 210 Å².